The highest BCUT2D eigenvalue weighted by molar-refractivity contribution is 5.96. The van der Waals surface area contributed by atoms with Crippen LogP contribution < -0.4 is 4.90 Å². The van der Waals surface area contributed by atoms with Gasteiger partial charge < -0.3 is 4.90 Å². The summed E-state index contributed by atoms with van der Waals surface area (Å²) in [5, 5.41) is 0. The maximum absolute atomic E-state index is 2.51. The van der Waals surface area contributed by atoms with Gasteiger partial charge >= 0.3 is 0 Å². The number of anilines is 3. The average molecular weight is 906 g/mol. The van der Waals surface area contributed by atoms with E-state index in [0.717, 1.165) is 28.2 Å². The highest BCUT2D eigenvalue weighted by Crippen LogP contribution is 2.60. The summed E-state index contributed by atoms with van der Waals surface area (Å²) in [4.78, 5) is 2.48. The highest BCUT2D eigenvalue weighted by atomic mass is 15.1. The molecule has 1 heteroatoms. The number of fused-ring (bicyclic) bond motifs is 6. The molecule has 0 radical (unpaired) electrons. The van der Waals surface area contributed by atoms with Gasteiger partial charge in [-0.1, -0.05) is 250 Å². The fourth-order valence-corrected chi connectivity index (χ4v) is 12.0. The van der Waals surface area contributed by atoms with E-state index in [1.807, 2.05) is 0 Å². The Morgan fingerprint density at radius 3 is 1.35 bits per heavy atom. The molecule has 0 N–H and O–H groups in total. The van der Waals surface area contributed by atoms with Crippen LogP contribution >= 0.6 is 0 Å². The van der Waals surface area contributed by atoms with Crippen LogP contribution in [0, 0.1) is 0 Å². The molecule has 0 bridgehead atoms. The molecule has 1 nitrogen and oxygen atoms in total. The molecule has 0 saturated heterocycles. The van der Waals surface area contributed by atoms with Crippen molar-refractivity contribution in [3.05, 3.63) is 306 Å². The summed E-state index contributed by atoms with van der Waals surface area (Å²) in [6.45, 7) is 4.74. The summed E-state index contributed by atoms with van der Waals surface area (Å²) in [6, 6.07) is 101. The van der Waals surface area contributed by atoms with Gasteiger partial charge in [-0.25, -0.2) is 0 Å². The van der Waals surface area contributed by atoms with Crippen LogP contribution in [0.5, 0.6) is 0 Å². The van der Waals surface area contributed by atoms with E-state index in [0.29, 0.717) is 0 Å². The quantitative estimate of drug-likeness (QED) is 0.139. The average Bonchev–Trinajstić information content (AvgIpc) is 3.87. The number of hydrogen-bond acceptors (Lipinski definition) is 1. The van der Waals surface area contributed by atoms with Crippen molar-refractivity contribution >= 4 is 17.1 Å². The molecule has 0 spiro atoms. The zero-order chi connectivity index (χ0) is 47.5. The van der Waals surface area contributed by atoms with Gasteiger partial charge in [-0.2, -0.15) is 0 Å². The molecule has 0 unspecified atom stereocenters. The third kappa shape index (κ3) is 6.84. The lowest BCUT2D eigenvalue weighted by Crippen LogP contribution is -2.29. The van der Waals surface area contributed by atoms with Crippen molar-refractivity contribution < 1.29 is 0 Å². The maximum Gasteiger partial charge on any atom is 0.0719 e. The normalized spacial score (nSPS) is 13.4. The van der Waals surface area contributed by atoms with Crippen LogP contribution in [0.1, 0.15) is 47.2 Å². The second kappa shape index (κ2) is 17.0. The smallest absolute Gasteiger partial charge is 0.0719 e. The number of rotatable bonds is 9. The molecule has 11 aromatic carbocycles. The molecule has 0 aromatic heterocycles. The minimum absolute atomic E-state index is 0.153. The second-order valence-electron chi connectivity index (χ2n) is 19.6. The van der Waals surface area contributed by atoms with E-state index in [9.17, 15) is 0 Å². The van der Waals surface area contributed by atoms with Crippen LogP contribution in [0.4, 0.5) is 17.1 Å². The molecule has 336 valence electrons. The summed E-state index contributed by atoms with van der Waals surface area (Å²) < 4.78 is 0. The van der Waals surface area contributed by atoms with E-state index in [-0.39, 0.29) is 5.41 Å². The van der Waals surface area contributed by atoms with Crippen LogP contribution in [-0.2, 0) is 10.8 Å². The number of hydrogen-bond donors (Lipinski definition) is 0. The van der Waals surface area contributed by atoms with E-state index >= 15 is 0 Å². The van der Waals surface area contributed by atoms with Crippen LogP contribution in [0.2, 0.25) is 0 Å². The van der Waals surface area contributed by atoms with E-state index in [4.69, 9.17) is 0 Å². The molecule has 2 aliphatic rings. The minimum atomic E-state index is -0.625. The largest absolute Gasteiger partial charge is 0.310 e. The Hall–Kier alpha value is -8.78. The minimum Gasteiger partial charge on any atom is -0.310 e. The van der Waals surface area contributed by atoms with Crippen molar-refractivity contribution in [2.75, 3.05) is 4.90 Å². The van der Waals surface area contributed by atoms with Crippen LogP contribution in [0.25, 0.3) is 66.8 Å². The van der Waals surface area contributed by atoms with E-state index < -0.39 is 5.41 Å². The Kier molecular flexibility index (Phi) is 10.1. The molecule has 0 saturated carbocycles. The summed E-state index contributed by atoms with van der Waals surface area (Å²) in [5.74, 6) is 0. The summed E-state index contributed by atoms with van der Waals surface area (Å²) in [6.07, 6.45) is 0. The van der Waals surface area contributed by atoms with E-state index in [1.54, 1.807) is 0 Å². The first-order chi connectivity index (χ1) is 35.0. The van der Waals surface area contributed by atoms with Gasteiger partial charge in [-0.05, 0) is 131 Å². The van der Waals surface area contributed by atoms with Gasteiger partial charge in [0.05, 0.1) is 11.1 Å². The molecule has 0 fully saturated rings. The predicted molar refractivity (Wildman–Crippen MR) is 298 cm³/mol. The Bertz CT molecular complexity index is 3700. The lowest BCUT2D eigenvalue weighted by Gasteiger charge is -2.35. The maximum atomic E-state index is 2.51. The van der Waals surface area contributed by atoms with Crippen molar-refractivity contribution in [3.8, 4) is 66.8 Å². The summed E-state index contributed by atoms with van der Waals surface area (Å²) in [7, 11) is 0. The lowest BCUT2D eigenvalue weighted by molar-refractivity contribution is 0.660. The Labute approximate surface area is 417 Å². The third-order valence-electron chi connectivity index (χ3n) is 15.4. The molecule has 0 heterocycles. The van der Waals surface area contributed by atoms with Crippen LogP contribution in [-0.4, -0.2) is 0 Å². The zero-order valence-corrected chi connectivity index (χ0v) is 39.9. The molecule has 11 aromatic rings. The topological polar surface area (TPSA) is 3.24 Å². The molecule has 0 amide bonds. The Morgan fingerprint density at radius 1 is 0.268 bits per heavy atom. The van der Waals surface area contributed by atoms with Crippen molar-refractivity contribution in [2.24, 2.45) is 0 Å². The molecule has 0 atom stereocenters. The third-order valence-corrected chi connectivity index (χ3v) is 15.4. The molecule has 13 rings (SSSR count). The predicted octanol–water partition coefficient (Wildman–Crippen LogP) is 18.5. The standard InChI is InChI=1S/C70H51N/c1-69(2)64-32-17-15-29-60(64)61-45-43-57(47-65(61)69)71(56-41-38-51(39-42-56)49-22-9-4-10-23-49)67-33-18-16-28-58(67)53-40-44-62-63-31-19-30-59(52-36-34-50(35-37-52)48-20-7-3-8-21-48)68(63)70(66(62)46-53,54-24-11-5-12-25-54)55-26-13-6-14-27-55/h3-47H,1-2H3. The van der Waals surface area contributed by atoms with Gasteiger partial charge in [0.1, 0.15) is 0 Å². The van der Waals surface area contributed by atoms with Crippen LogP contribution in [0.3, 0.4) is 0 Å². The first kappa shape index (κ1) is 42.3. The van der Waals surface area contributed by atoms with Gasteiger partial charge in [0.2, 0.25) is 0 Å². The monoisotopic (exact) mass is 905 g/mol. The van der Waals surface area contributed by atoms with E-state index in [1.165, 1.54) is 89.0 Å². The highest BCUT2D eigenvalue weighted by Gasteiger charge is 2.48. The van der Waals surface area contributed by atoms with Crippen molar-refractivity contribution in [1.82, 2.24) is 0 Å². The Balaban J connectivity index is 1.02. The number of para-hydroxylation sites is 1. The summed E-state index contributed by atoms with van der Waals surface area (Å²) in [5.41, 5.74) is 25.1. The molecule has 0 aliphatic heterocycles. The van der Waals surface area contributed by atoms with Crippen molar-refractivity contribution in [1.29, 1.82) is 0 Å². The Morgan fingerprint density at radius 2 is 0.704 bits per heavy atom. The second-order valence-corrected chi connectivity index (χ2v) is 19.6. The van der Waals surface area contributed by atoms with Gasteiger partial charge in [0.25, 0.3) is 0 Å². The molecule has 2 aliphatic carbocycles. The lowest BCUT2D eigenvalue weighted by atomic mass is 9.66. The first-order valence-electron chi connectivity index (χ1n) is 24.8. The van der Waals surface area contributed by atoms with Crippen molar-refractivity contribution in [3.63, 3.8) is 0 Å². The van der Waals surface area contributed by atoms with Crippen molar-refractivity contribution in [2.45, 2.75) is 24.7 Å². The van der Waals surface area contributed by atoms with Gasteiger partial charge in [0, 0.05) is 22.4 Å². The zero-order valence-electron chi connectivity index (χ0n) is 39.9. The van der Waals surface area contributed by atoms with Gasteiger partial charge in [0.15, 0.2) is 0 Å². The van der Waals surface area contributed by atoms with E-state index in [2.05, 4.69) is 292 Å². The molecular weight excluding hydrogens is 855 g/mol. The SMILES string of the molecule is CC1(C)c2ccccc2-c2ccc(N(c3ccc(-c4ccccc4)cc3)c3ccccc3-c3ccc4c(c3)C(c3ccccc3)(c3ccccc3)c3c(-c5ccc(-c6ccccc6)cc5)cccc3-4)cc21. The molecule has 71 heavy (non-hydrogen) atoms. The fraction of sp³-hybridized carbons (Fsp3) is 0.0571. The van der Waals surface area contributed by atoms with Gasteiger partial charge in [-0.15, -0.1) is 0 Å². The van der Waals surface area contributed by atoms with Gasteiger partial charge in [-0.3, -0.25) is 0 Å². The van der Waals surface area contributed by atoms with Crippen LogP contribution in [0.15, 0.2) is 273 Å². The first-order valence-corrected chi connectivity index (χ1v) is 24.8. The molecular formula is C70H51N. The fourth-order valence-electron chi connectivity index (χ4n) is 12.0. The summed E-state index contributed by atoms with van der Waals surface area (Å²) >= 11 is 0. The number of benzene rings is 11. The number of nitrogens with zero attached hydrogens (tertiary/aromatic N) is 1.